The summed E-state index contributed by atoms with van der Waals surface area (Å²) in [6.07, 6.45) is -2.25. The first-order chi connectivity index (χ1) is 13.2. The van der Waals surface area contributed by atoms with E-state index in [1.54, 1.807) is 0 Å². The summed E-state index contributed by atoms with van der Waals surface area (Å²) in [6.45, 7) is 0.816. The van der Waals surface area contributed by atoms with E-state index in [9.17, 15) is 24.9 Å². The van der Waals surface area contributed by atoms with E-state index in [-0.39, 0.29) is 16.6 Å². The Morgan fingerprint density at radius 3 is 2.86 bits per heavy atom. The third-order valence-corrected chi connectivity index (χ3v) is 4.87. The molecule has 4 atom stereocenters. The van der Waals surface area contributed by atoms with E-state index in [1.807, 2.05) is 0 Å². The molecular weight excluding hydrogens is 374 g/mol. The summed E-state index contributed by atoms with van der Waals surface area (Å²) in [4.78, 5) is 23.3. The fourth-order valence-corrected chi connectivity index (χ4v) is 3.51. The fraction of sp³-hybridized carbons (Fsp3) is 0.375. The second-order valence-electron chi connectivity index (χ2n) is 6.76. The molecule has 12 nitrogen and oxygen atoms in total. The van der Waals surface area contributed by atoms with Crippen LogP contribution in [0.3, 0.4) is 0 Å². The molecule has 1 aromatic carbocycles. The molecule has 1 saturated heterocycles. The van der Waals surface area contributed by atoms with Crippen LogP contribution in [-0.4, -0.2) is 70.9 Å². The molecule has 0 bridgehead atoms. The highest BCUT2D eigenvalue weighted by Crippen LogP contribution is 2.39. The molecule has 1 fully saturated rings. The van der Waals surface area contributed by atoms with Crippen molar-refractivity contribution >= 4 is 33.5 Å². The van der Waals surface area contributed by atoms with Crippen molar-refractivity contribution in [3.8, 4) is 0 Å². The van der Waals surface area contributed by atoms with Crippen LogP contribution in [0.1, 0.15) is 13.2 Å². The normalized spacial score (nSPS) is 27.5. The summed E-state index contributed by atoms with van der Waals surface area (Å²) < 4.78 is 6.76. The Morgan fingerprint density at radius 1 is 1.46 bits per heavy atom. The SMILES string of the molecule is CC1(O)C(O)C(CO)OC1n1cc2c(NC(=O)O)cc3c(=O)[nH]ncc(n1)c23. The number of hydrogen-bond acceptors (Lipinski definition) is 8. The molecule has 3 heterocycles. The van der Waals surface area contributed by atoms with E-state index >= 15 is 0 Å². The van der Waals surface area contributed by atoms with Gasteiger partial charge in [0, 0.05) is 17.0 Å². The van der Waals surface area contributed by atoms with E-state index in [1.165, 1.54) is 30.1 Å². The fourth-order valence-electron chi connectivity index (χ4n) is 3.51. The lowest BCUT2D eigenvalue weighted by Gasteiger charge is -2.27. The van der Waals surface area contributed by atoms with Crippen molar-refractivity contribution in [1.82, 2.24) is 20.0 Å². The second kappa shape index (κ2) is 6.24. The van der Waals surface area contributed by atoms with Crippen LogP contribution in [-0.2, 0) is 4.74 Å². The number of hydrogen-bond donors (Lipinski definition) is 6. The quantitative estimate of drug-likeness (QED) is 0.338. The summed E-state index contributed by atoms with van der Waals surface area (Å²) in [7, 11) is 0. The predicted octanol–water partition coefficient (Wildman–Crippen LogP) is -0.636. The van der Waals surface area contributed by atoms with Crippen molar-refractivity contribution in [1.29, 1.82) is 0 Å². The summed E-state index contributed by atoms with van der Waals surface area (Å²) in [5.74, 6) is 0. The number of aliphatic hydroxyl groups excluding tert-OH is 2. The highest BCUT2D eigenvalue weighted by molar-refractivity contribution is 6.16. The Labute approximate surface area is 156 Å². The maximum absolute atomic E-state index is 12.2. The molecule has 1 aliphatic rings. The summed E-state index contributed by atoms with van der Waals surface area (Å²) in [5, 5.41) is 52.8. The number of aromatic nitrogens is 4. The van der Waals surface area contributed by atoms with Gasteiger partial charge in [-0.3, -0.25) is 10.1 Å². The lowest BCUT2D eigenvalue weighted by molar-refractivity contribution is -0.102. The Morgan fingerprint density at radius 2 is 2.21 bits per heavy atom. The number of amides is 1. The monoisotopic (exact) mass is 391 g/mol. The summed E-state index contributed by atoms with van der Waals surface area (Å²) in [6, 6.07) is 1.36. The Balaban J connectivity index is 1.99. The van der Waals surface area contributed by atoms with Crippen LogP contribution in [0.2, 0.25) is 0 Å². The van der Waals surface area contributed by atoms with Crippen LogP contribution < -0.4 is 10.9 Å². The Hall–Kier alpha value is -3.06. The lowest BCUT2D eigenvalue weighted by atomic mass is 9.97. The number of ether oxygens (including phenoxy) is 1. The van der Waals surface area contributed by atoms with Gasteiger partial charge < -0.3 is 25.2 Å². The number of carbonyl (C=O) groups is 1. The average molecular weight is 391 g/mol. The summed E-state index contributed by atoms with van der Waals surface area (Å²) in [5.41, 5.74) is -1.96. The molecule has 2 aromatic heterocycles. The third-order valence-electron chi connectivity index (χ3n) is 4.87. The number of aromatic amines is 1. The number of anilines is 1. The minimum absolute atomic E-state index is 0.136. The molecule has 28 heavy (non-hydrogen) atoms. The van der Waals surface area contributed by atoms with Gasteiger partial charge in [-0.25, -0.2) is 14.6 Å². The topological polar surface area (TPSA) is 183 Å². The van der Waals surface area contributed by atoms with Gasteiger partial charge in [0.2, 0.25) is 0 Å². The van der Waals surface area contributed by atoms with E-state index < -0.39 is 42.3 Å². The zero-order valence-electron chi connectivity index (χ0n) is 14.5. The first-order valence-electron chi connectivity index (χ1n) is 8.30. The number of aliphatic hydroxyl groups is 3. The molecule has 0 aliphatic carbocycles. The maximum Gasteiger partial charge on any atom is 0.409 e. The standard InChI is InChI=1S/C16H17N5O7/c1-16(27)12(23)10(5-22)28-14(16)21-4-7-8(18-15(25)26)2-6-11(7)9(20-21)3-17-19-13(6)24/h2-4,10,12,14,18,22-23,27H,5H2,1H3,(H,19,24)(H,25,26). The van der Waals surface area contributed by atoms with E-state index in [2.05, 4.69) is 20.6 Å². The van der Waals surface area contributed by atoms with Crippen LogP contribution in [0.5, 0.6) is 0 Å². The Bertz CT molecular complexity index is 1140. The highest BCUT2D eigenvalue weighted by Gasteiger charge is 2.53. The number of carboxylic acid groups (broad SMARTS) is 1. The van der Waals surface area contributed by atoms with Crippen molar-refractivity contribution in [2.24, 2.45) is 0 Å². The highest BCUT2D eigenvalue weighted by atomic mass is 16.6. The second-order valence-corrected chi connectivity index (χ2v) is 6.76. The van der Waals surface area contributed by atoms with Crippen molar-refractivity contribution in [3.05, 3.63) is 28.8 Å². The molecule has 1 amide bonds. The zero-order valence-corrected chi connectivity index (χ0v) is 14.5. The number of H-pyrrole nitrogens is 1. The van der Waals surface area contributed by atoms with Crippen molar-refractivity contribution in [2.45, 2.75) is 31.0 Å². The molecule has 6 N–H and O–H groups in total. The van der Waals surface area contributed by atoms with Crippen LogP contribution in [0.25, 0.3) is 21.7 Å². The van der Waals surface area contributed by atoms with E-state index in [4.69, 9.17) is 9.84 Å². The minimum atomic E-state index is -1.79. The molecule has 12 heteroatoms. The van der Waals surface area contributed by atoms with Gasteiger partial charge in [-0.2, -0.15) is 10.2 Å². The van der Waals surface area contributed by atoms with Gasteiger partial charge in [0.15, 0.2) is 6.23 Å². The van der Waals surface area contributed by atoms with Gasteiger partial charge >= 0.3 is 6.09 Å². The molecule has 3 aromatic rings. The maximum atomic E-state index is 12.2. The van der Waals surface area contributed by atoms with Crippen molar-refractivity contribution in [2.75, 3.05) is 11.9 Å². The van der Waals surface area contributed by atoms with Gasteiger partial charge in [-0.15, -0.1) is 0 Å². The van der Waals surface area contributed by atoms with Crippen LogP contribution >= 0.6 is 0 Å². The smallest absolute Gasteiger partial charge is 0.409 e. The largest absolute Gasteiger partial charge is 0.465 e. The first kappa shape index (κ1) is 18.3. The average Bonchev–Trinajstić information content (AvgIpc) is 3.03. The lowest BCUT2D eigenvalue weighted by Crippen LogP contribution is -2.44. The third kappa shape index (κ3) is 2.62. The van der Waals surface area contributed by atoms with Gasteiger partial charge in [-0.05, 0) is 13.0 Å². The Kier molecular flexibility index (Phi) is 4.08. The molecule has 1 aliphatic heterocycles. The molecule has 0 saturated carbocycles. The van der Waals surface area contributed by atoms with Crippen LogP contribution in [0, 0.1) is 0 Å². The number of rotatable bonds is 3. The number of nitrogens with zero attached hydrogens (tertiary/aromatic N) is 3. The summed E-state index contributed by atoms with van der Waals surface area (Å²) >= 11 is 0. The molecule has 0 spiro atoms. The molecule has 148 valence electrons. The van der Waals surface area contributed by atoms with E-state index in [0.717, 1.165) is 0 Å². The van der Waals surface area contributed by atoms with Crippen molar-refractivity contribution < 1.29 is 30.0 Å². The molecule has 4 rings (SSSR count). The van der Waals surface area contributed by atoms with E-state index in [0.29, 0.717) is 10.8 Å². The predicted molar refractivity (Wildman–Crippen MR) is 94.9 cm³/mol. The molecule has 4 unspecified atom stereocenters. The van der Waals surface area contributed by atoms with Gasteiger partial charge in [-0.1, -0.05) is 0 Å². The van der Waals surface area contributed by atoms with Gasteiger partial charge in [0.05, 0.1) is 23.9 Å². The zero-order chi connectivity index (χ0) is 20.2. The number of nitrogens with one attached hydrogen (secondary N) is 2. The van der Waals surface area contributed by atoms with Crippen LogP contribution in [0.4, 0.5) is 10.5 Å². The van der Waals surface area contributed by atoms with Gasteiger partial charge in [0.1, 0.15) is 23.3 Å². The molecule has 0 radical (unpaired) electrons. The van der Waals surface area contributed by atoms with Crippen molar-refractivity contribution in [3.63, 3.8) is 0 Å². The van der Waals surface area contributed by atoms with Crippen LogP contribution in [0.15, 0.2) is 23.3 Å². The first-order valence-corrected chi connectivity index (χ1v) is 8.30. The van der Waals surface area contributed by atoms with Gasteiger partial charge in [0.25, 0.3) is 5.56 Å². The minimum Gasteiger partial charge on any atom is -0.465 e. The molecular formula is C16H17N5O7.